The smallest absolute Gasteiger partial charge is 0.310 e. The van der Waals surface area contributed by atoms with Crippen molar-refractivity contribution < 1.29 is 14.3 Å². The van der Waals surface area contributed by atoms with Crippen LogP contribution in [-0.2, 0) is 14.3 Å². The third kappa shape index (κ3) is 2.73. The molecule has 1 rings (SSSR count). The van der Waals surface area contributed by atoms with E-state index in [-0.39, 0.29) is 23.2 Å². The monoisotopic (exact) mass is 224 g/mol. The summed E-state index contributed by atoms with van der Waals surface area (Å²) in [6.45, 7) is 9.65. The summed E-state index contributed by atoms with van der Waals surface area (Å²) in [6.07, 6.45) is 2.07. The molecule has 0 unspecified atom stereocenters. The van der Waals surface area contributed by atoms with E-state index in [4.69, 9.17) is 4.74 Å². The fourth-order valence-corrected chi connectivity index (χ4v) is 2.19. The minimum atomic E-state index is -0.444. The number of carbonyl (C=O) groups is 1. The fraction of sp³-hybridized carbons (Fsp3) is 0.769. The Bertz CT molecular complexity index is 330. The van der Waals surface area contributed by atoms with Crippen molar-refractivity contribution in [3.63, 3.8) is 0 Å². The summed E-state index contributed by atoms with van der Waals surface area (Å²) in [7, 11) is 0. The fourth-order valence-electron chi connectivity index (χ4n) is 2.19. The highest BCUT2D eigenvalue weighted by molar-refractivity contribution is 5.78. The van der Waals surface area contributed by atoms with Crippen molar-refractivity contribution in [3.8, 4) is 0 Å². The molecule has 0 saturated heterocycles. The minimum absolute atomic E-state index is 0.0598. The van der Waals surface area contributed by atoms with Gasteiger partial charge in [-0.05, 0) is 38.5 Å². The van der Waals surface area contributed by atoms with Crippen molar-refractivity contribution in [1.82, 2.24) is 0 Å². The predicted molar refractivity (Wildman–Crippen MR) is 61.5 cm³/mol. The van der Waals surface area contributed by atoms with E-state index in [0.29, 0.717) is 6.42 Å². The van der Waals surface area contributed by atoms with Crippen molar-refractivity contribution in [2.75, 3.05) is 0 Å². The summed E-state index contributed by atoms with van der Waals surface area (Å²) in [4.78, 5) is 22.0. The highest BCUT2D eigenvalue weighted by Gasteiger charge is 2.62. The van der Waals surface area contributed by atoms with E-state index in [9.17, 15) is 9.59 Å². The van der Waals surface area contributed by atoms with Crippen LogP contribution in [0.25, 0.3) is 0 Å². The van der Waals surface area contributed by atoms with Crippen molar-refractivity contribution in [1.29, 1.82) is 0 Å². The van der Waals surface area contributed by atoms with Crippen molar-refractivity contribution in [2.45, 2.75) is 46.6 Å². The highest BCUT2D eigenvalue weighted by atomic mass is 16.6. The lowest BCUT2D eigenvalue weighted by atomic mass is 10.1. The van der Waals surface area contributed by atoms with Crippen LogP contribution >= 0.6 is 0 Å². The molecule has 0 N–H and O–H groups in total. The Kier molecular flexibility index (Phi) is 3.30. The van der Waals surface area contributed by atoms with Crippen LogP contribution in [0.2, 0.25) is 0 Å². The molecule has 0 aromatic carbocycles. The second kappa shape index (κ2) is 4.06. The maximum Gasteiger partial charge on any atom is 0.310 e. The van der Waals surface area contributed by atoms with E-state index in [1.807, 2.05) is 34.6 Å². The van der Waals surface area contributed by atoms with Crippen LogP contribution in [0.3, 0.4) is 0 Å². The van der Waals surface area contributed by atoms with E-state index in [0.717, 1.165) is 0 Å². The molecular weight excluding hydrogens is 204 g/mol. The van der Waals surface area contributed by atoms with Crippen molar-refractivity contribution >= 4 is 11.9 Å². The van der Waals surface area contributed by atoms with Crippen LogP contribution < -0.4 is 0 Å². The Labute approximate surface area is 96.9 Å². The molecule has 0 heterocycles. The van der Waals surface area contributed by atoms with E-state index in [1.165, 1.54) is 6.08 Å². The number of carbonyl (C=O) groups excluding carboxylic acids is 2. The van der Waals surface area contributed by atoms with Gasteiger partial charge in [-0.25, -0.2) is 4.79 Å². The summed E-state index contributed by atoms with van der Waals surface area (Å²) in [5.41, 5.74) is -0.503. The van der Waals surface area contributed by atoms with Gasteiger partial charge in [0.2, 0.25) is 0 Å². The molecule has 1 saturated carbocycles. The molecule has 2 atom stereocenters. The van der Waals surface area contributed by atoms with Gasteiger partial charge in [0.1, 0.15) is 11.5 Å². The Morgan fingerprint density at radius 1 is 1.44 bits per heavy atom. The molecule has 1 aliphatic carbocycles. The molecule has 0 amide bonds. The van der Waals surface area contributed by atoms with Crippen LogP contribution in [0.4, 0.5) is 0 Å². The van der Waals surface area contributed by atoms with E-state index >= 15 is 0 Å². The second-order valence-electron chi connectivity index (χ2n) is 6.00. The highest BCUT2D eigenvalue weighted by Crippen LogP contribution is 2.60. The number of rotatable bonds is 3. The zero-order chi connectivity index (χ0) is 12.6. The van der Waals surface area contributed by atoms with Gasteiger partial charge >= 0.3 is 5.97 Å². The molecule has 0 aromatic rings. The molecule has 0 aromatic heterocycles. The Morgan fingerprint density at radius 3 is 2.44 bits per heavy atom. The van der Waals surface area contributed by atoms with Gasteiger partial charge in [0.25, 0.3) is 0 Å². The number of hydrogen-bond acceptors (Lipinski definition) is 3. The predicted octanol–water partition coefficient (Wildman–Crippen LogP) is 2.38. The van der Waals surface area contributed by atoms with Gasteiger partial charge in [-0.1, -0.05) is 13.8 Å². The average molecular weight is 224 g/mol. The van der Waals surface area contributed by atoms with E-state index in [1.54, 1.807) is 5.94 Å². The van der Waals surface area contributed by atoms with Gasteiger partial charge in [-0.3, -0.25) is 4.79 Å². The molecule has 3 nitrogen and oxygen atoms in total. The number of ether oxygens (including phenoxy) is 1. The molecule has 90 valence electrons. The zero-order valence-electron chi connectivity index (χ0n) is 10.7. The van der Waals surface area contributed by atoms with Crippen molar-refractivity contribution in [3.05, 3.63) is 6.08 Å². The quantitative estimate of drug-likeness (QED) is 0.546. The molecular formula is C13H20O3. The first kappa shape index (κ1) is 13.0. The minimum Gasteiger partial charge on any atom is -0.460 e. The molecule has 3 heteroatoms. The second-order valence-corrected chi connectivity index (χ2v) is 6.00. The largest absolute Gasteiger partial charge is 0.460 e. The normalized spacial score (nSPS) is 26.8. The van der Waals surface area contributed by atoms with Crippen LogP contribution in [0.15, 0.2) is 6.08 Å². The molecule has 1 aliphatic rings. The summed E-state index contributed by atoms with van der Waals surface area (Å²) < 4.78 is 5.36. The first-order valence-corrected chi connectivity index (χ1v) is 5.62. The summed E-state index contributed by atoms with van der Waals surface area (Å²) >= 11 is 0. The van der Waals surface area contributed by atoms with Crippen LogP contribution in [0, 0.1) is 17.3 Å². The van der Waals surface area contributed by atoms with Gasteiger partial charge < -0.3 is 4.74 Å². The SMILES string of the molecule is CC(C)(C)OC(=O)[C@@H]1[C@@H](CC=C=O)C1(C)C. The Morgan fingerprint density at radius 2 is 2.00 bits per heavy atom. The van der Waals surface area contributed by atoms with Crippen LogP contribution in [0.5, 0.6) is 0 Å². The lowest BCUT2D eigenvalue weighted by molar-refractivity contribution is -0.157. The van der Waals surface area contributed by atoms with Gasteiger partial charge in [-0.2, -0.15) is 0 Å². The summed E-state index contributed by atoms with van der Waals surface area (Å²) in [5, 5.41) is 0. The number of allylic oxidation sites excluding steroid dienone is 1. The zero-order valence-corrected chi connectivity index (χ0v) is 10.7. The van der Waals surface area contributed by atoms with Gasteiger partial charge in [0.15, 0.2) is 0 Å². The molecule has 0 aliphatic heterocycles. The lowest BCUT2D eigenvalue weighted by Gasteiger charge is -2.20. The molecule has 0 bridgehead atoms. The van der Waals surface area contributed by atoms with Gasteiger partial charge in [0.05, 0.1) is 5.92 Å². The van der Waals surface area contributed by atoms with Gasteiger partial charge in [-0.15, -0.1) is 0 Å². The van der Waals surface area contributed by atoms with Crippen LogP contribution in [0.1, 0.15) is 41.0 Å². The third-order valence-corrected chi connectivity index (χ3v) is 3.17. The Balaban J connectivity index is 2.62. The molecule has 1 fully saturated rings. The molecule has 0 radical (unpaired) electrons. The van der Waals surface area contributed by atoms with E-state index in [2.05, 4.69) is 0 Å². The number of esters is 1. The molecule has 0 spiro atoms. The van der Waals surface area contributed by atoms with E-state index < -0.39 is 5.60 Å². The summed E-state index contributed by atoms with van der Waals surface area (Å²) in [5.74, 6) is 1.73. The van der Waals surface area contributed by atoms with Gasteiger partial charge in [0, 0.05) is 6.08 Å². The first-order valence-electron chi connectivity index (χ1n) is 5.62. The standard InChI is InChI=1S/C13H20O3/c1-12(2,3)16-11(15)10-9(7-6-8-14)13(10,4)5/h6,9-10H,7H2,1-5H3/t9-,10+/m1/s1. The number of hydrogen-bond donors (Lipinski definition) is 0. The van der Waals surface area contributed by atoms with Crippen molar-refractivity contribution in [2.24, 2.45) is 17.3 Å². The maximum absolute atomic E-state index is 11.9. The Hall–Kier alpha value is -1.08. The molecule has 16 heavy (non-hydrogen) atoms. The third-order valence-electron chi connectivity index (χ3n) is 3.17. The first-order chi connectivity index (χ1) is 7.20. The lowest BCUT2D eigenvalue weighted by Crippen LogP contribution is -2.26. The average Bonchev–Trinajstić information content (AvgIpc) is 2.61. The topological polar surface area (TPSA) is 43.4 Å². The van der Waals surface area contributed by atoms with Crippen LogP contribution in [-0.4, -0.2) is 17.5 Å². The summed E-state index contributed by atoms with van der Waals surface area (Å²) in [6, 6.07) is 0. The maximum atomic E-state index is 11.9.